The Hall–Kier alpha value is -2.44. The Kier molecular flexibility index (Phi) is 5.54. The molecule has 0 atom stereocenters. The van der Waals surface area contributed by atoms with Crippen LogP contribution in [0.2, 0.25) is 0 Å². The molecule has 5 nitrogen and oxygen atoms in total. The third-order valence-corrected chi connectivity index (χ3v) is 4.82. The van der Waals surface area contributed by atoms with E-state index in [0.717, 1.165) is 39.7 Å². The Morgan fingerprint density at radius 3 is 2.73 bits per heavy atom. The van der Waals surface area contributed by atoms with E-state index in [0.29, 0.717) is 18.2 Å². The number of nitrogens with zero attached hydrogens (tertiary/aromatic N) is 1. The van der Waals surface area contributed by atoms with E-state index in [1.807, 2.05) is 18.2 Å². The van der Waals surface area contributed by atoms with Crippen LogP contribution in [0.3, 0.4) is 0 Å². The minimum atomic E-state index is -0.504. The van der Waals surface area contributed by atoms with Crippen molar-refractivity contribution in [1.82, 2.24) is 4.98 Å². The fourth-order valence-corrected chi connectivity index (χ4v) is 3.74. The van der Waals surface area contributed by atoms with Gasteiger partial charge in [-0.2, -0.15) is 11.3 Å². The van der Waals surface area contributed by atoms with Gasteiger partial charge in [0.1, 0.15) is 5.75 Å². The second-order valence-corrected chi connectivity index (χ2v) is 7.44. The molecule has 4 N–H and O–H groups in total. The van der Waals surface area contributed by atoms with Crippen molar-refractivity contribution >= 4 is 28.1 Å². The molecule has 0 saturated heterocycles. The van der Waals surface area contributed by atoms with Crippen LogP contribution in [0.15, 0.2) is 35.0 Å². The number of primary amides is 1. The summed E-state index contributed by atoms with van der Waals surface area (Å²) in [4.78, 5) is 15.9. The van der Waals surface area contributed by atoms with Crippen LogP contribution in [-0.4, -0.2) is 17.5 Å². The number of carbonyl (C=O) groups excluding carboxylic acids is 1. The quantitative estimate of drug-likeness (QED) is 0.667. The molecule has 1 amide bonds. The lowest BCUT2D eigenvalue weighted by Gasteiger charge is -2.17. The first kappa shape index (κ1) is 18.4. The maximum atomic E-state index is 11.0. The van der Waals surface area contributed by atoms with Crippen LogP contribution < -0.4 is 16.2 Å². The summed E-state index contributed by atoms with van der Waals surface area (Å²) in [6.45, 7) is 4.62. The number of carbonyl (C=O) groups is 1. The summed E-state index contributed by atoms with van der Waals surface area (Å²) in [5.74, 6) is 0.573. The van der Waals surface area contributed by atoms with Crippen molar-refractivity contribution in [3.05, 3.63) is 46.3 Å². The number of hydrogen-bond acceptors (Lipinski definition) is 5. The van der Waals surface area contributed by atoms with Crippen LogP contribution in [0.4, 0.5) is 0 Å². The van der Waals surface area contributed by atoms with Crippen molar-refractivity contribution in [3.8, 4) is 16.9 Å². The van der Waals surface area contributed by atoms with Crippen LogP contribution in [0.5, 0.6) is 5.75 Å². The molecule has 2 aromatic heterocycles. The molecule has 26 heavy (non-hydrogen) atoms. The summed E-state index contributed by atoms with van der Waals surface area (Å²) in [6.07, 6.45) is 0.875. The van der Waals surface area contributed by atoms with Crippen molar-refractivity contribution in [2.75, 3.05) is 6.61 Å². The number of benzene rings is 1. The Balaban J connectivity index is 2.22. The van der Waals surface area contributed by atoms with Crippen LogP contribution >= 0.6 is 11.3 Å². The average molecular weight is 369 g/mol. The van der Waals surface area contributed by atoms with E-state index in [4.69, 9.17) is 21.2 Å². The highest BCUT2D eigenvalue weighted by Crippen LogP contribution is 2.36. The molecule has 3 rings (SSSR count). The molecule has 0 aliphatic carbocycles. The lowest BCUT2D eigenvalue weighted by molar-refractivity contribution is -0.119. The van der Waals surface area contributed by atoms with E-state index in [9.17, 15) is 4.79 Å². The zero-order valence-electron chi connectivity index (χ0n) is 15.0. The molecule has 0 aliphatic heterocycles. The third kappa shape index (κ3) is 3.86. The van der Waals surface area contributed by atoms with Gasteiger partial charge in [0.25, 0.3) is 5.91 Å². The molecule has 0 spiro atoms. The van der Waals surface area contributed by atoms with E-state index in [2.05, 4.69) is 30.7 Å². The van der Waals surface area contributed by atoms with Gasteiger partial charge < -0.3 is 16.2 Å². The van der Waals surface area contributed by atoms with Crippen LogP contribution in [0.1, 0.15) is 25.1 Å². The van der Waals surface area contributed by atoms with Gasteiger partial charge in [-0.1, -0.05) is 13.8 Å². The minimum absolute atomic E-state index is 0.151. The van der Waals surface area contributed by atoms with Gasteiger partial charge >= 0.3 is 0 Å². The van der Waals surface area contributed by atoms with Gasteiger partial charge in [0.05, 0.1) is 5.52 Å². The van der Waals surface area contributed by atoms with Gasteiger partial charge in [-0.15, -0.1) is 0 Å². The normalized spacial score (nSPS) is 11.2. The SMILES string of the molecule is CC(C)Cc1nc2ccc(OCC(N)=O)cc2c(-c2ccsc2)c1CN. The topological polar surface area (TPSA) is 91.2 Å². The fourth-order valence-electron chi connectivity index (χ4n) is 3.09. The highest BCUT2D eigenvalue weighted by Gasteiger charge is 2.17. The number of hydrogen-bond donors (Lipinski definition) is 2. The number of ether oxygens (including phenoxy) is 1. The van der Waals surface area contributed by atoms with E-state index in [1.165, 1.54) is 0 Å². The highest BCUT2D eigenvalue weighted by atomic mass is 32.1. The monoisotopic (exact) mass is 369 g/mol. The largest absolute Gasteiger partial charge is 0.484 e. The van der Waals surface area contributed by atoms with Gasteiger partial charge in [-0.3, -0.25) is 9.78 Å². The smallest absolute Gasteiger partial charge is 0.255 e. The van der Waals surface area contributed by atoms with Gasteiger partial charge in [0.15, 0.2) is 6.61 Å². The number of aromatic nitrogens is 1. The van der Waals surface area contributed by atoms with E-state index >= 15 is 0 Å². The Morgan fingerprint density at radius 1 is 1.31 bits per heavy atom. The zero-order valence-corrected chi connectivity index (χ0v) is 15.8. The first-order chi connectivity index (χ1) is 12.5. The summed E-state index contributed by atoms with van der Waals surface area (Å²) in [5, 5.41) is 5.14. The Morgan fingerprint density at radius 2 is 2.12 bits per heavy atom. The van der Waals surface area contributed by atoms with Gasteiger partial charge in [0, 0.05) is 17.6 Å². The number of amides is 1. The van der Waals surface area contributed by atoms with Gasteiger partial charge in [0.2, 0.25) is 0 Å². The summed E-state index contributed by atoms with van der Waals surface area (Å²) >= 11 is 1.65. The van der Waals surface area contributed by atoms with Crippen molar-refractivity contribution in [1.29, 1.82) is 0 Å². The average Bonchev–Trinajstić information content (AvgIpc) is 3.12. The highest BCUT2D eigenvalue weighted by molar-refractivity contribution is 7.08. The van der Waals surface area contributed by atoms with Gasteiger partial charge in [-0.25, -0.2) is 0 Å². The van der Waals surface area contributed by atoms with E-state index in [-0.39, 0.29) is 6.61 Å². The van der Waals surface area contributed by atoms with E-state index in [1.54, 1.807) is 11.3 Å². The summed E-state index contributed by atoms with van der Waals surface area (Å²) in [5.41, 5.74) is 16.5. The second kappa shape index (κ2) is 7.85. The molecule has 1 aromatic carbocycles. The fraction of sp³-hybridized carbons (Fsp3) is 0.300. The first-order valence-corrected chi connectivity index (χ1v) is 9.53. The molecule has 0 fully saturated rings. The van der Waals surface area contributed by atoms with E-state index < -0.39 is 5.91 Å². The molecule has 0 bridgehead atoms. The van der Waals surface area contributed by atoms with Crippen LogP contribution in [0, 0.1) is 5.92 Å². The Bertz CT molecular complexity index is 920. The molecule has 136 valence electrons. The van der Waals surface area contributed by atoms with Crippen molar-refractivity contribution in [3.63, 3.8) is 0 Å². The third-order valence-electron chi connectivity index (χ3n) is 4.14. The maximum Gasteiger partial charge on any atom is 0.255 e. The number of nitrogens with two attached hydrogens (primary N) is 2. The molecule has 3 aromatic rings. The molecule has 0 aliphatic rings. The molecule has 0 radical (unpaired) electrons. The predicted molar refractivity (Wildman–Crippen MR) is 106 cm³/mol. The molecule has 0 saturated carbocycles. The molecule has 0 unspecified atom stereocenters. The summed E-state index contributed by atoms with van der Waals surface area (Å²) in [6, 6.07) is 7.74. The number of rotatable bonds is 7. The van der Waals surface area contributed by atoms with Crippen LogP contribution in [0.25, 0.3) is 22.0 Å². The molecular formula is C20H23N3O2S. The zero-order chi connectivity index (χ0) is 18.7. The summed E-state index contributed by atoms with van der Waals surface area (Å²) in [7, 11) is 0. The molecule has 6 heteroatoms. The molecular weight excluding hydrogens is 346 g/mol. The van der Waals surface area contributed by atoms with Gasteiger partial charge in [-0.05, 0) is 64.1 Å². The number of pyridine rings is 1. The summed E-state index contributed by atoms with van der Waals surface area (Å²) < 4.78 is 5.49. The van der Waals surface area contributed by atoms with Crippen molar-refractivity contribution < 1.29 is 9.53 Å². The number of thiophene rings is 1. The maximum absolute atomic E-state index is 11.0. The van der Waals surface area contributed by atoms with Crippen molar-refractivity contribution in [2.45, 2.75) is 26.8 Å². The molecule has 2 heterocycles. The minimum Gasteiger partial charge on any atom is -0.484 e. The standard InChI is InChI=1S/C20H23N3O2S/c1-12(2)7-18-16(9-21)20(13-5-6-26-11-13)15-8-14(25-10-19(22)24)3-4-17(15)23-18/h3-6,8,11-12H,7,9-10,21H2,1-2H3,(H2,22,24). The van der Waals surface area contributed by atoms with Crippen LogP contribution in [-0.2, 0) is 17.8 Å². The number of fused-ring (bicyclic) bond motifs is 1. The second-order valence-electron chi connectivity index (χ2n) is 6.66. The lowest BCUT2D eigenvalue weighted by atomic mass is 9.92. The first-order valence-electron chi connectivity index (χ1n) is 8.58. The lowest BCUT2D eigenvalue weighted by Crippen LogP contribution is -2.20. The Labute approximate surface area is 157 Å². The predicted octanol–water partition coefficient (Wildman–Crippen LogP) is 3.48. The van der Waals surface area contributed by atoms with Crippen molar-refractivity contribution in [2.24, 2.45) is 17.4 Å².